The third-order valence-corrected chi connectivity index (χ3v) is 6.44. The Kier molecular flexibility index (Phi) is 7.09. The van der Waals surface area contributed by atoms with Crippen LogP contribution in [0, 0.1) is 0 Å². The molecule has 2 fully saturated rings. The van der Waals surface area contributed by atoms with Crippen molar-refractivity contribution in [1.29, 1.82) is 0 Å². The number of aliphatic hydroxyl groups excluding tert-OH is 1. The molecule has 7 nitrogen and oxygen atoms in total. The maximum absolute atomic E-state index is 12.9. The predicted molar refractivity (Wildman–Crippen MR) is 107 cm³/mol. The van der Waals surface area contributed by atoms with Crippen LogP contribution in [0.25, 0.3) is 0 Å². The Bertz CT molecular complexity index is 747. The molecule has 0 aliphatic carbocycles. The third kappa shape index (κ3) is 5.76. The smallest absolute Gasteiger partial charge is 0.224 e. The molecule has 2 aliphatic rings. The molecule has 8 heteroatoms. The number of rotatable bonds is 6. The van der Waals surface area contributed by atoms with Crippen molar-refractivity contribution in [2.75, 3.05) is 44.8 Å². The second-order valence-corrected chi connectivity index (χ2v) is 10.0. The van der Waals surface area contributed by atoms with E-state index < -0.39 is 9.84 Å². The zero-order valence-corrected chi connectivity index (χ0v) is 17.2. The maximum atomic E-state index is 12.9. The van der Waals surface area contributed by atoms with Crippen molar-refractivity contribution in [3.05, 3.63) is 35.9 Å². The highest BCUT2D eigenvalue weighted by atomic mass is 32.2. The number of aliphatic hydroxyl groups is 1. The molecule has 0 radical (unpaired) electrons. The Morgan fingerprint density at radius 1 is 1.18 bits per heavy atom. The summed E-state index contributed by atoms with van der Waals surface area (Å²) in [5.74, 6) is -0.291. The van der Waals surface area contributed by atoms with Crippen LogP contribution in [0.3, 0.4) is 0 Å². The van der Waals surface area contributed by atoms with Crippen LogP contribution in [0.2, 0.25) is 0 Å². The maximum Gasteiger partial charge on any atom is 0.224 e. The molecule has 0 bridgehead atoms. The van der Waals surface area contributed by atoms with Gasteiger partial charge in [-0.25, -0.2) is 8.42 Å². The highest BCUT2D eigenvalue weighted by Crippen LogP contribution is 2.31. The Morgan fingerprint density at radius 3 is 2.50 bits per heavy atom. The van der Waals surface area contributed by atoms with Crippen LogP contribution in [0.5, 0.6) is 0 Å². The van der Waals surface area contributed by atoms with Crippen LogP contribution in [-0.2, 0) is 19.4 Å². The van der Waals surface area contributed by atoms with Gasteiger partial charge in [-0.2, -0.15) is 0 Å². The largest absolute Gasteiger partial charge is 0.393 e. The van der Waals surface area contributed by atoms with Crippen LogP contribution in [0.15, 0.2) is 30.3 Å². The van der Waals surface area contributed by atoms with E-state index in [0.29, 0.717) is 19.7 Å². The van der Waals surface area contributed by atoms with Gasteiger partial charge < -0.3 is 19.6 Å². The summed E-state index contributed by atoms with van der Waals surface area (Å²) in [6, 6.07) is 9.55. The van der Waals surface area contributed by atoms with Crippen molar-refractivity contribution in [2.24, 2.45) is 0 Å². The Balaban J connectivity index is 1.77. The average molecular weight is 411 g/mol. The van der Waals surface area contributed by atoms with Crippen molar-refractivity contribution in [1.82, 2.24) is 9.80 Å². The van der Waals surface area contributed by atoms with Gasteiger partial charge in [0.2, 0.25) is 5.91 Å². The molecule has 2 saturated heterocycles. The molecule has 28 heavy (non-hydrogen) atoms. The second-order valence-electron chi connectivity index (χ2n) is 7.76. The number of nitrogens with zero attached hydrogens (tertiary/aromatic N) is 2. The fourth-order valence-electron chi connectivity index (χ4n) is 3.98. The van der Waals surface area contributed by atoms with E-state index in [9.17, 15) is 18.3 Å². The summed E-state index contributed by atoms with van der Waals surface area (Å²) in [4.78, 5) is 16.9. The quantitative estimate of drug-likeness (QED) is 0.748. The van der Waals surface area contributed by atoms with Crippen molar-refractivity contribution in [2.45, 2.75) is 37.5 Å². The molecule has 1 aromatic carbocycles. The highest BCUT2D eigenvalue weighted by molar-refractivity contribution is 7.90. The lowest BCUT2D eigenvalue weighted by molar-refractivity contribution is -0.148. The van der Waals surface area contributed by atoms with E-state index in [1.807, 2.05) is 30.3 Å². The van der Waals surface area contributed by atoms with Gasteiger partial charge in [0.05, 0.1) is 30.6 Å². The van der Waals surface area contributed by atoms with E-state index >= 15 is 0 Å². The number of hydrogen-bond acceptors (Lipinski definition) is 6. The third-order valence-electron chi connectivity index (χ3n) is 5.50. The van der Waals surface area contributed by atoms with E-state index in [1.54, 1.807) is 4.90 Å². The Hall–Kier alpha value is -1.48. The number of ether oxygens (including phenoxy) is 1. The first-order chi connectivity index (χ1) is 13.3. The summed E-state index contributed by atoms with van der Waals surface area (Å²) in [5.41, 5.74) is 0.997. The molecule has 1 amide bonds. The molecule has 156 valence electrons. The molecule has 2 aliphatic heterocycles. The number of piperidine rings is 1. The SMILES string of the molecule is CS(=O)(=O)CCC(=O)N1CCO[C@@H](CN2CCC(O)CC2)[C@@H]1c1ccccc1. The predicted octanol–water partition coefficient (Wildman–Crippen LogP) is 0.847. The summed E-state index contributed by atoms with van der Waals surface area (Å²) in [5, 5.41) is 9.74. The lowest BCUT2D eigenvalue weighted by Gasteiger charge is -2.44. The van der Waals surface area contributed by atoms with Gasteiger partial charge in [0, 0.05) is 38.9 Å². The lowest BCUT2D eigenvalue weighted by atomic mass is 9.96. The molecule has 0 spiro atoms. The van der Waals surface area contributed by atoms with Gasteiger partial charge in [-0.05, 0) is 18.4 Å². The summed E-state index contributed by atoms with van der Waals surface area (Å²) >= 11 is 0. The van der Waals surface area contributed by atoms with Gasteiger partial charge in [-0.3, -0.25) is 4.79 Å². The fraction of sp³-hybridized carbons (Fsp3) is 0.650. The van der Waals surface area contributed by atoms with Crippen molar-refractivity contribution in [3.63, 3.8) is 0 Å². The first-order valence-corrected chi connectivity index (χ1v) is 11.9. The minimum absolute atomic E-state index is 0.00913. The van der Waals surface area contributed by atoms with E-state index in [0.717, 1.165) is 37.8 Å². The van der Waals surface area contributed by atoms with Gasteiger partial charge >= 0.3 is 0 Å². The van der Waals surface area contributed by atoms with Crippen LogP contribution >= 0.6 is 0 Å². The monoisotopic (exact) mass is 410 g/mol. The van der Waals surface area contributed by atoms with Crippen molar-refractivity contribution < 1.29 is 23.1 Å². The number of carbonyl (C=O) groups excluding carboxylic acids is 1. The van der Waals surface area contributed by atoms with Crippen LogP contribution < -0.4 is 0 Å². The lowest BCUT2D eigenvalue weighted by Crippen LogP contribution is -2.53. The zero-order valence-electron chi connectivity index (χ0n) is 16.4. The number of benzene rings is 1. The van der Waals surface area contributed by atoms with Crippen LogP contribution in [0.1, 0.15) is 30.9 Å². The fourth-order valence-corrected chi connectivity index (χ4v) is 4.53. The van der Waals surface area contributed by atoms with Crippen LogP contribution in [0.4, 0.5) is 0 Å². The van der Waals surface area contributed by atoms with E-state index in [-0.39, 0.29) is 36.3 Å². The minimum Gasteiger partial charge on any atom is -0.393 e. The summed E-state index contributed by atoms with van der Waals surface area (Å²) in [6.07, 6.45) is 2.22. The normalized spacial score (nSPS) is 25.0. The van der Waals surface area contributed by atoms with Gasteiger partial charge in [-0.15, -0.1) is 0 Å². The van der Waals surface area contributed by atoms with Crippen LogP contribution in [-0.4, -0.2) is 86.2 Å². The van der Waals surface area contributed by atoms with E-state index in [4.69, 9.17) is 4.74 Å². The molecule has 0 aromatic heterocycles. The number of carbonyl (C=O) groups is 1. The first kappa shape index (κ1) is 21.2. The average Bonchev–Trinajstić information content (AvgIpc) is 2.68. The summed E-state index contributed by atoms with van der Waals surface area (Å²) in [7, 11) is -3.19. The minimum atomic E-state index is -3.19. The van der Waals surface area contributed by atoms with Crippen molar-refractivity contribution in [3.8, 4) is 0 Å². The molecule has 2 heterocycles. The molecule has 2 atom stereocenters. The molecule has 3 rings (SSSR count). The van der Waals surface area contributed by atoms with E-state index in [2.05, 4.69) is 4.90 Å². The molecule has 0 saturated carbocycles. The number of hydrogen-bond donors (Lipinski definition) is 1. The first-order valence-electron chi connectivity index (χ1n) is 9.87. The second kappa shape index (κ2) is 9.35. The Labute approximate surface area is 167 Å². The topological polar surface area (TPSA) is 87.2 Å². The zero-order chi connectivity index (χ0) is 20.1. The molecule has 0 unspecified atom stereocenters. The molecule has 1 N–H and O–H groups in total. The van der Waals surface area contributed by atoms with Gasteiger partial charge in [0.1, 0.15) is 9.84 Å². The number of likely N-dealkylation sites (tertiary alicyclic amines) is 1. The standard InChI is InChI=1S/C20H30N2O5S/c1-28(25,26)14-9-19(24)22-12-13-27-18(15-21-10-7-17(23)8-11-21)20(22)16-5-3-2-4-6-16/h2-6,17-18,20,23H,7-15H2,1H3/t18-,20-/m0/s1. The summed E-state index contributed by atoms with van der Waals surface area (Å²) in [6.45, 7) is 3.20. The van der Waals surface area contributed by atoms with Crippen molar-refractivity contribution >= 4 is 15.7 Å². The number of sulfone groups is 1. The van der Waals surface area contributed by atoms with E-state index in [1.165, 1.54) is 0 Å². The number of morpholine rings is 1. The van der Waals surface area contributed by atoms with Gasteiger partial charge in [-0.1, -0.05) is 30.3 Å². The molecule has 1 aromatic rings. The van der Waals surface area contributed by atoms with Gasteiger partial charge in [0.25, 0.3) is 0 Å². The summed E-state index contributed by atoms with van der Waals surface area (Å²) < 4.78 is 29.1. The molecular formula is C20H30N2O5S. The molecular weight excluding hydrogens is 380 g/mol. The highest BCUT2D eigenvalue weighted by Gasteiger charge is 2.37. The Morgan fingerprint density at radius 2 is 1.86 bits per heavy atom. The number of amides is 1. The van der Waals surface area contributed by atoms with Gasteiger partial charge in [0.15, 0.2) is 0 Å².